The van der Waals surface area contributed by atoms with Crippen molar-refractivity contribution in [2.75, 3.05) is 33.4 Å². The molecule has 0 saturated carbocycles. The Hall–Kier alpha value is -1.01. The highest BCUT2D eigenvalue weighted by molar-refractivity contribution is 6.32. The summed E-state index contributed by atoms with van der Waals surface area (Å²) in [6.45, 7) is 1.90. The molecule has 1 aromatic carbocycles. The quantitative estimate of drug-likeness (QED) is 0.884. The van der Waals surface area contributed by atoms with Crippen LogP contribution >= 0.6 is 24.0 Å². The first-order valence-corrected chi connectivity index (χ1v) is 7.40. The van der Waals surface area contributed by atoms with E-state index in [1.807, 2.05) is 12.1 Å². The molecule has 0 bridgehead atoms. The van der Waals surface area contributed by atoms with Crippen LogP contribution < -0.4 is 10.5 Å². The van der Waals surface area contributed by atoms with Crippen molar-refractivity contribution in [3.8, 4) is 5.75 Å². The summed E-state index contributed by atoms with van der Waals surface area (Å²) >= 11 is 6.01. The molecule has 22 heavy (non-hydrogen) atoms. The second-order valence-electron chi connectivity index (χ2n) is 5.27. The van der Waals surface area contributed by atoms with E-state index in [-0.39, 0.29) is 18.3 Å². The van der Waals surface area contributed by atoms with Crippen LogP contribution in [0.15, 0.2) is 24.3 Å². The lowest BCUT2D eigenvalue weighted by molar-refractivity contribution is -0.139. The molecule has 0 spiro atoms. The number of amides is 1. The predicted octanol–water partition coefficient (Wildman–Crippen LogP) is 2.11. The molecule has 0 aliphatic carbocycles. The minimum absolute atomic E-state index is 0. The van der Waals surface area contributed by atoms with Crippen LogP contribution in [0.3, 0.4) is 0 Å². The SMILES string of the molecule is CN(CCOc1ccccc1Cl)C(=O)C1(N)CCOCC1.Cl. The number of para-hydroxylation sites is 1. The molecule has 0 atom stereocenters. The van der Waals surface area contributed by atoms with Gasteiger partial charge in [-0.2, -0.15) is 0 Å². The average Bonchev–Trinajstić information content (AvgIpc) is 2.49. The topological polar surface area (TPSA) is 64.8 Å². The zero-order valence-electron chi connectivity index (χ0n) is 12.6. The maximum Gasteiger partial charge on any atom is 0.242 e. The van der Waals surface area contributed by atoms with Crippen molar-refractivity contribution in [1.29, 1.82) is 0 Å². The maximum atomic E-state index is 12.4. The fourth-order valence-corrected chi connectivity index (χ4v) is 2.48. The van der Waals surface area contributed by atoms with E-state index in [4.69, 9.17) is 26.8 Å². The number of carbonyl (C=O) groups is 1. The van der Waals surface area contributed by atoms with Crippen LogP contribution in [0.25, 0.3) is 0 Å². The fraction of sp³-hybridized carbons (Fsp3) is 0.533. The Morgan fingerprint density at radius 3 is 2.68 bits per heavy atom. The van der Waals surface area contributed by atoms with Gasteiger partial charge in [0.05, 0.1) is 17.1 Å². The number of rotatable bonds is 5. The number of benzene rings is 1. The molecule has 2 rings (SSSR count). The lowest BCUT2D eigenvalue weighted by atomic mass is 9.90. The van der Waals surface area contributed by atoms with Gasteiger partial charge in [-0.05, 0) is 25.0 Å². The van der Waals surface area contributed by atoms with Gasteiger partial charge in [0.2, 0.25) is 5.91 Å². The molecule has 0 aromatic heterocycles. The van der Waals surface area contributed by atoms with Crippen LogP contribution in [0.4, 0.5) is 0 Å². The van der Waals surface area contributed by atoms with Crippen molar-refractivity contribution in [2.45, 2.75) is 18.4 Å². The number of likely N-dealkylation sites (N-methyl/N-ethyl adjacent to an activating group) is 1. The first-order chi connectivity index (χ1) is 10.0. The van der Waals surface area contributed by atoms with E-state index in [0.717, 1.165) is 0 Å². The van der Waals surface area contributed by atoms with Gasteiger partial charge >= 0.3 is 0 Å². The number of nitrogens with zero attached hydrogens (tertiary/aromatic N) is 1. The van der Waals surface area contributed by atoms with Crippen molar-refractivity contribution >= 4 is 29.9 Å². The monoisotopic (exact) mass is 348 g/mol. The van der Waals surface area contributed by atoms with Crippen molar-refractivity contribution < 1.29 is 14.3 Å². The van der Waals surface area contributed by atoms with E-state index in [2.05, 4.69) is 0 Å². The minimum Gasteiger partial charge on any atom is -0.490 e. The third-order valence-corrected chi connectivity index (χ3v) is 3.99. The molecule has 0 unspecified atom stereocenters. The molecular formula is C15H22Cl2N2O3. The summed E-state index contributed by atoms with van der Waals surface area (Å²) in [5.41, 5.74) is 5.37. The molecule has 1 aromatic rings. The lowest BCUT2D eigenvalue weighted by Gasteiger charge is -2.35. The number of nitrogens with two attached hydrogens (primary N) is 1. The Balaban J connectivity index is 0.00000242. The second kappa shape index (κ2) is 8.58. The lowest BCUT2D eigenvalue weighted by Crippen LogP contribution is -2.57. The van der Waals surface area contributed by atoms with E-state index in [9.17, 15) is 4.79 Å². The molecular weight excluding hydrogens is 327 g/mol. The number of hydrogen-bond acceptors (Lipinski definition) is 4. The third-order valence-electron chi connectivity index (χ3n) is 3.68. The van der Waals surface area contributed by atoms with Crippen LogP contribution in [0, 0.1) is 0 Å². The van der Waals surface area contributed by atoms with Crippen LogP contribution in [-0.4, -0.2) is 49.8 Å². The van der Waals surface area contributed by atoms with Gasteiger partial charge in [0.1, 0.15) is 12.4 Å². The molecule has 1 heterocycles. The predicted molar refractivity (Wildman–Crippen MR) is 88.8 cm³/mol. The number of carbonyl (C=O) groups excluding carboxylic acids is 1. The van der Waals surface area contributed by atoms with Gasteiger partial charge in [-0.25, -0.2) is 0 Å². The van der Waals surface area contributed by atoms with E-state index >= 15 is 0 Å². The molecule has 1 aliphatic heterocycles. The van der Waals surface area contributed by atoms with Crippen molar-refractivity contribution in [3.05, 3.63) is 29.3 Å². The molecule has 5 nitrogen and oxygen atoms in total. The Morgan fingerprint density at radius 1 is 1.41 bits per heavy atom. The first-order valence-electron chi connectivity index (χ1n) is 7.02. The van der Waals surface area contributed by atoms with Crippen molar-refractivity contribution in [1.82, 2.24) is 4.90 Å². The molecule has 1 aliphatic rings. The number of hydrogen-bond donors (Lipinski definition) is 1. The Kier molecular flexibility index (Phi) is 7.42. The highest BCUT2D eigenvalue weighted by Gasteiger charge is 2.37. The second-order valence-corrected chi connectivity index (χ2v) is 5.68. The number of halogens is 2. The summed E-state index contributed by atoms with van der Waals surface area (Å²) in [5, 5.41) is 0.561. The van der Waals surface area contributed by atoms with Crippen molar-refractivity contribution in [2.24, 2.45) is 5.73 Å². The number of ether oxygens (including phenoxy) is 2. The summed E-state index contributed by atoms with van der Waals surface area (Å²) in [6, 6.07) is 7.26. The highest BCUT2D eigenvalue weighted by atomic mass is 35.5. The molecule has 7 heteroatoms. The van der Waals surface area contributed by atoms with Gasteiger partial charge < -0.3 is 20.1 Å². The summed E-state index contributed by atoms with van der Waals surface area (Å²) in [6.07, 6.45) is 1.11. The van der Waals surface area contributed by atoms with Crippen LogP contribution in [0.2, 0.25) is 5.02 Å². The summed E-state index contributed by atoms with van der Waals surface area (Å²) < 4.78 is 10.8. The molecule has 0 radical (unpaired) electrons. The van der Waals surface area contributed by atoms with E-state index in [1.165, 1.54) is 0 Å². The van der Waals surface area contributed by atoms with Crippen molar-refractivity contribution in [3.63, 3.8) is 0 Å². The van der Waals surface area contributed by atoms with Gasteiger partial charge in [-0.15, -0.1) is 12.4 Å². The summed E-state index contributed by atoms with van der Waals surface area (Å²) in [4.78, 5) is 14.0. The van der Waals surface area contributed by atoms with Crippen LogP contribution in [0.1, 0.15) is 12.8 Å². The van der Waals surface area contributed by atoms with Crippen LogP contribution in [0.5, 0.6) is 5.75 Å². The van der Waals surface area contributed by atoms with Gasteiger partial charge in [-0.1, -0.05) is 23.7 Å². The first kappa shape index (κ1) is 19.0. The van der Waals surface area contributed by atoms with Crippen LogP contribution in [-0.2, 0) is 9.53 Å². The summed E-state index contributed by atoms with van der Waals surface area (Å²) in [5.74, 6) is 0.558. The smallest absolute Gasteiger partial charge is 0.242 e. The fourth-order valence-electron chi connectivity index (χ4n) is 2.29. The molecule has 1 amide bonds. The maximum absolute atomic E-state index is 12.4. The Morgan fingerprint density at radius 2 is 2.05 bits per heavy atom. The molecule has 1 saturated heterocycles. The molecule has 1 fully saturated rings. The molecule has 2 N–H and O–H groups in total. The zero-order chi connectivity index (χ0) is 15.3. The van der Waals surface area contributed by atoms with Gasteiger partial charge in [0.15, 0.2) is 0 Å². The zero-order valence-corrected chi connectivity index (χ0v) is 14.2. The largest absolute Gasteiger partial charge is 0.490 e. The Bertz CT molecular complexity index is 493. The Labute approximate surface area is 142 Å². The normalized spacial score (nSPS) is 16.5. The van der Waals surface area contributed by atoms with Gasteiger partial charge in [0.25, 0.3) is 0 Å². The average molecular weight is 349 g/mol. The van der Waals surface area contributed by atoms with Gasteiger partial charge in [-0.3, -0.25) is 4.79 Å². The summed E-state index contributed by atoms with van der Waals surface area (Å²) in [7, 11) is 1.74. The standard InChI is InChI=1S/C15H21ClN2O3.ClH/c1-18(14(19)15(17)6-9-20-10-7-15)8-11-21-13-5-3-2-4-12(13)16;/h2-5H,6-11,17H2,1H3;1H. The third kappa shape index (κ3) is 4.74. The molecule has 124 valence electrons. The van der Waals surface area contributed by atoms with Gasteiger partial charge in [0, 0.05) is 20.3 Å². The van der Waals surface area contributed by atoms with E-state index in [1.54, 1.807) is 24.1 Å². The van der Waals surface area contributed by atoms with E-state index < -0.39 is 5.54 Å². The van der Waals surface area contributed by atoms with E-state index in [0.29, 0.717) is 50.0 Å². The minimum atomic E-state index is -0.808. The highest BCUT2D eigenvalue weighted by Crippen LogP contribution is 2.23.